The largest absolute Gasteiger partial charge is 0.462 e. The highest BCUT2D eigenvalue weighted by molar-refractivity contribution is 9.10. The van der Waals surface area contributed by atoms with Gasteiger partial charge in [0, 0.05) is 6.20 Å². The fraction of sp³-hybridized carbons (Fsp3) is 0.462. The Morgan fingerprint density at radius 3 is 2.79 bits per heavy atom. The molecule has 0 aliphatic heterocycles. The Hall–Kier alpha value is -1.43. The molecule has 0 saturated heterocycles. The second kappa shape index (κ2) is 5.28. The highest BCUT2D eigenvalue weighted by Crippen LogP contribution is 2.26. The molecule has 0 radical (unpaired) electrons. The number of hydrogen-bond acceptors (Lipinski definition) is 4. The number of carbonyl (C=O) groups excluding carboxylic acids is 1. The average Bonchev–Trinajstić information content (AvgIpc) is 2.64. The van der Waals surface area contributed by atoms with Crippen LogP contribution in [0.4, 0.5) is 0 Å². The molecule has 2 heterocycles. The van der Waals surface area contributed by atoms with E-state index in [0.717, 1.165) is 15.9 Å². The number of aromatic nitrogens is 3. The van der Waals surface area contributed by atoms with Crippen molar-refractivity contribution in [3.63, 3.8) is 0 Å². The third kappa shape index (κ3) is 2.36. The molecule has 0 fully saturated rings. The Balaban J connectivity index is 2.72. The van der Waals surface area contributed by atoms with Gasteiger partial charge in [-0.3, -0.25) is 0 Å². The number of esters is 1. The van der Waals surface area contributed by atoms with Crippen molar-refractivity contribution < 1.29 is 9.53 Å². The summed E-state index contributed by atoms with van der Waals surface area (Å²) in [6, 6.07) is 0. The molecular formula is C13H16BrN3O2. The highest BCUT2D eigenvalue weighted by Gasteiger charge is 2.21. The summed E-state index contributed by atoms with van der Waals surface area (Å²) in [5, 5.41) is 4.44. The van der Waals surface area contributed by atoms with Gasteiger partial charge in [-0.05, 0) is 35.7 Å². The van der Waals surface area contributed by atoms with Crippen LogP contribution in [0.5, 0.6) is 0 Å². The summed E-state index contributed by atoms with van der Waals surface area (Å²) in [5.74, 6) is -0.221. The number of nitrogens with zero attached hydrogens (tertiary/aromatic N) is 3. The molecule has 0 spiro atoms. The predicted molar refractivity (Wildman–Crippen MR) is 75.5 cm³/mol. The van der Waals surface area contributed by atoms with Crippen LogP contribution >= 0.6 is 15.9 Å². The molecule has 0 N–H and O–H groups in total. The zero-order valence-electron chi connectivity index (χ0n) is 11.4. The van der Waals surface area contributed by atoms with Gasteiger partial charge in [-0.25, -0.2) is 14.3 Å². The van der Waals surface area contributed by atoms with Crippen LogP contribution < -0.4 is 0 Å². The van der Waals surface area contributed by atoms with Crippen LogP contribution in [0.1, 0.15) is 48.4 Å². The Labute approximate surface area is 120 Å². The second-order valence-electron chi connectivity index (χ2n) is 4.57. The first kappa shape index (κ1) is 14.0. The monoisotopic (exact) mass is 325 g/mol. The second-order valence-corrected chi connectivity index (χ2v) is 5.36. The van der Waals surface area contributed by atoms with E-state index in [1.807, 2.05) is 20.8 Å². The van der Waals surface area contributed by atoms with E-state index < -0.39 is 0 Å². The van der Waals surface area contributed by atoms with Crippen molar-refractivity contribution in [2.45, 2.75) is 33.6 Å². The zero-order chi connectivity index (χ0) is 14.2. The molecule has 0 aliphatic rings. The fourth-order valence-corrected chi connectivity index (χ4v) is 2.35. The van der Waals surface area contributed by atoms with Crippen molar-refractivity contribution in [3.05, 3.63) is 27.6 Å². The molecular weight excluding hydrogens is 310 g/mol. The number of aryl methyl sites for hydroxylation is 1. The van der Waals surface area contributed by atoms with Gasteiger partial charge in [-0.2, -0.15) is 5.10 Å². The smallest absolute Gasteiger partial charge is 0.341 e. The lowest BCUT2D eigenvalue weighted by atomic mass is 10.1. The molecule has 2 aromatic rings. The molecule has 0 atom stereocenters. The Bertz CT molecular complexity index is 634. The van der Waals surface area contributed by atoms with Gasteiger partial charge in [0.25, 0.3) is 0 Å². The lowest BCUT2D eigenvalue weighted by Gasteiger charge is -2.13. The molecule has 0 aliphatic carbocycles. The van der Waals surface area contributed by atoms with Crippen molar-refractivity contribution in [1.82, 2.24) is 14.6 Å². The van der Waals surface area contributed by atoms with Gasteiger partial charge < -0.3 is 4.74 Å². The summed E-state index contributed by atoms with van der Waals surface area (Å²) in [6.07, 6.45) is 1.56. The first-order valence-electron chi connectivity index (χ1n) is 6.18. The highest BCUT2D eigenvalue weighted by atomic mass is 79.9. The van der Waals surface area contributed by atoms with Crippen LogP contribution in [-0.4, -0.2) is 27.2 Å². The van der Waals surface area contributed by atoms with E-state index in [1.165, 1.54) is 0 Å². The Kier molecular flexibility index (Phi) is 3.89. The van der Waals surface area contributed by atoms with Crippen LogP contribution in [-0.2, 0) is 4.74 Å². The minimum Gasteiger partial charge on any atom is -0.462 e. The number of hydrogen-bond donors (Lipinski definition) is 0. The van der Waals surface area contributed by atoms with Gasteiger partial charge in [-0.15, -0.1) is 0 Å². The van der Waals surface area contributed by atoms with Crippen LogP contribution in [0.25, 0.3) is 5.65 Å². The Morgan fingerprint density at radius 1 is 1.53 bits per heavy atom. The van der Waals surface area contributed by atoms with E-state index in [9.17, 15) is 4.79 Å². The molecule has 2 aromatic heterocycles. The van der Waals surface area contributed by atoms with Crippen molar-refractivity contribution >= 4 is 27.5 Å². The van der Waals surface area contributed by atoms with Gasteiger partial charge in [0.15, 0.2) is 5.65 Å². The van der Waals surface area contributed by atoms with Crippen LogP contribution in [0.15, 0.2) is 10.7 Å². The molecule has 0 unspecified atom stereocenters. The molecule has 0 amide bonds. The van der Waals surface area contributed by atoms with Crippen LogP contribution in [0.2, 0.25) is 0 Å². The maximum absolute atomic E-state index is 12.0. The minimum absolute atomic E-state index is 0.135. The zero-order valence-corrected chi connectivity index (χ0v) is 13.0. The van der Waals surface area contributed by atoms with Crippen molar-refractivity contribution in [1.29, 1.82) is 0 Å². The summed E-state index contributed by atoms with van der Waals surface area (Å²) in [6.45, 7) is 8.06. The van der Waals surface area contributed by atoms with Crippen molar-refractivity contribution in [2.24, 2.45) is 0 Å². The first-order chi connectivity index (χ1) is 8.97. The van der Waals surface area contributed by atoms with E-state index >= 15 is 0 Å². The lowest BCUT2D eigenvalue weighted by Crippen LogP contribution is -2.14. The van der Waals surface area contributed by atoms with E-state index in [-0.39, 0.29) is 11.9 Å². The summed E-state index contributed by atoms with van der Waals surface area (Å²) >= 11 is 3.46. The predicted octanol–water partition coefficient (Wildman–Crippen LogP) is 3.10. The molecule has 0 saturated carbocycles. The summed E-state index contributed by atoms with van der Waals surface area (Å²) < 4.78 is 7.64. The summed E-state index contributed by atoms with van der Waals surface area (Å²) in [4.78, 5) is 16.3. The molecule has 102 valence electrons. The third-order valence-electron chi connectivity index (χ3n) is 2.83. The van der Waals surface area contributed by atoms with Crippen LogP contribution in [0, 0.1) is 6.92 Å². The molecule has 2 rings (SSSR count). The standard InChI is InChI=1S/C13H16BrN3O2/c1-5-19-13(18)9-6-15-12-10(14)8(4)16-17(12)11(9)7(2)3/h6-7H,5H2,1-4H3. The van der Waals surface area contributed by atoms with E-state index in [1.54, 1.807) is 17.6 Å². The van der Waals surface area contributed by atoms with Gasteiger partial charge in [0.1, 0.15) is 0 Å². The maximum atomic E-state index is 12.0. The minimum atomic E-state index is -0.357. The Morgan fingerprint density at radius 2 is 2.21 bits per heavy atom. The van der Waals surface area contributed by atoms with E-state index in [0.29, 0.717) is 17.8 Å². The van der Waals surface area contributed by atoms with Crippen molar-refractivity contribution in [3.8, 4) is 0 Å². The number of carbonyl (C=O) groups is 1. The number of ether oxygens (including phenoxy) is 1. The average molecular weight is 326 g/mol. The molecule has 0 aromatic carbocycles. The first-order valence-corrected chi connectivity index (χ1v) is 6.97. The number of halogens is 1. The molecule has 5 nitrogen and oxygen atoms in total. The molecule has 0 bridgehead atoms. The van der Waals surface area contributed by atoms with Crippen LogP contribution in [0.3, 0.4) is 0 Å². The number of fused-ring (bicyclic) bond motifs is 1. The topological polar surface area (TPSA) is 56.5 Å². The molecule has 19 heavy (non-hydrogen) atoms. The maximum Gasteiger partial charge on any atom is 0.341 e. The quantitative estimate of drug-likeness (QED) is 0.813. The van der Waals surface area contributed by atoms with Gasteiger partial charge >= 0.3 is 5.97 Å². The van der Waals surface area contributed by atoms with E-state index in [4.69, 9.17) is 4.74 Å². The van der Waals surface area contributed by atoms with Gasteiger partial charge in [0.2, 0.25) is 0 Å². The molecule has 6 heteroatoms. The number of rotatable bonds is 3. The van der Waals surface area contributed by atoms with Gasteiger partial charge in [0.05, 0.1) is 28.0 Å². The van der Waals surface area contributed by atoms with E-state index in [2.05, 4.69) is 26.0 Å². The van der Waals surface area contributed by atoms with Gasteiger partial charge in [-0.1, -0.05) is 13.8 Å². The lowest BCUT2D eigenvalue weighted by molar-refractivity contribution is 0.0523. The normalized spacial score (nSPS) is 11.3. The third-order valence-corrected chi connectivity index (χ3v) is 3.76. The summed E-state index contributed by atoms with van der Waals surface area (Å²) in [5.41, 5.74) is 2.85. The fourth-order valence-electron chi connectivity index (χ4n) is 2.00. The SMILES string of the molecule is CCOC(=O)c1cnc2c(Br)c(C)nn2c1C(C)C. The van der Waals surface area contributed by atoms with Crippen molar-refractivity contribution in [2.75, 3.05) is 6.61 Å². The summed E-state index contributed by atoms with van der Waals surface area (Å²) in [7, 11) is 0.